The number of hydrogen-bond acceptors (Lipinski definition) is 3. The van der Waals surface area contributed by atoms with Crippen LogP contribution in [-0.4, -0.2) is 22.0 Å². The number of nitrogens with one attached hydrogen (secondary N) is 1. The van der Waals surface area contributed by atoms with Gasteiger partial charge in [0.25, 0.3) is 0 Å². The predicted octanol–water partition coefficient (Wildman–Crippen LogP) is 3.04. The van der Waals surface area contributed by atoms with Crippen molar-refractivity contribution in [2.45, 2.75) is 6.92 Å². The molecule has 2 aromatic carbocycles. The van der Waals surface area contributed by atoms with Crippen LogP contribution in [0.15, 0.2) is 42.5 Å². The van der Waals surface area contributed by atoms with Crippen LogP contribution >= 0.6 is 0 Å². The van der Waals surface area contributed by atoms with Crippen molar-refractivity contribution >= 4 is 39.2 Å². The van der Waals surface area contributed by atoms with E-state index in [4.69, 9.17) is 0 Å². The molecule has 3 rings (SSSR count). The fourth-order valence-corrected chi connectivity index (χ4v) is 2.36. The van der Waals surface area contributed by atoms with Gasteiger partial charge in [-0.3, -0.25) is 4.79 Å². The highest BCUT2D eigenvalue weighted by molar-refractivity contribution is 6.12. The zero-order chi connectivity index (χ0) is 15.0. The van der Waals surface area contributed by atoms with E-state index in [1.54, 1.807) is 0 Å². The van der Waals surface area contributed by atoms with Crippen molar-refractivity contribution in [2.24, 2.45) is 0 Å². The normalized spacial score (nSPS) is 10.7. The lowest BCUT2D eigenvalue weighted by molar-refractivity contribution is -0.114. The number of rotatable bonds is 2. The lowest BCUT2D eigenvalue weighted by atomic mass is 10.0. The first-order valence-corrected chi connectivity index (χ1v) is 6.39. The quantitative estimate of drug-likeness (QED) is 0.707. The van der Waals surface area contributed by atoms with Crippen LogP contribution in [0, 0.1) is 0 Å². The topological polar surface area (TPSA) is 79.3 Å². The van der Waals surface area contributed by atoms with Gasteiger partial charge >= 0.3 is 5.97 Å². The van der Waals surface area contributed by atoms with Crippen LogP contribution in [0.25, 0.3) is 21.7 Å². The number of fused-ring (bicyclic) bond motifs is 3. The van der Waals surface area contributed by atoms with Crippen LogP contribution in [0.4, 0.5) is 5.69 Å². The lowest BCUT2D eigenvalue weighted by Gasteiger charge is -2.10. The van der Waals surface area contributed by atoms with Gasteiger partial charge in [-0.15, -0.1) is 0 Å². The molecule has 3 aromatic rings. The van der Waals surface area contributed by atoms with Crippen molar-refractivity contribution < 1.29 is 14.7 Å². The fraction of sp³-hybridized carbons (Fsp3) is 0.0625. The third-order valence-electron chi connectivity index (χ3n) is 3.23. The minimum absolute atomic E-state index is 0.0948. The third-order valence-corrected chi connectivity index (χ3v) is 3.23. The van der Waals surface area contributed by atoms with Crippen LogP contribution in [0.5, 0.6) is 0 Å². The second-order valence-electron chi connectivity index (χ2n) is 4.72. The monoisotopic (exact) mass is 280 g/mol. The molecule has 2 N–H and O–H groups in total. The van der Waals surface area contributed by atoms with E-state index >= 15 is 0 Å². The van der Waals surface area contributed by atoms with Gasteiger partial charge < -0.3 is 10.4 Å². The summed E-state index contributed by atoms with van der Waals surface area (Å²) in [5.41, 5.74) is 0.926. The van der Waals surface area contributed by atoms with Gasteiger partial charge in [0.2, 0.25) is 5.91 Å². The number of anilines is 1. The van der Waals surface area contributed by atoms with E-state index in [0.717, 1.165) is 10.8 Å². The summed E-state index contributed by atoms with van der Waals surface area (Å²) in [6.07, 6.45) is 0. The zero-order valence-corrected chi connectivity index (χ0v) is 11.3. The molecule has 0 bridgehead atoms. The smallest absolute Gasteiger partial charge is 0.354 e. The molecule has 0 aliphatic heterocycles. The summed E-state index contributed by atoms with van der Waals surface area (Å²) in [4.78, 5) is 26.8. The van der Waals surface area contributed by atoms with E-state index in [2.05, 4.69) is 10.3 Å². The third kappa shape index (κ3) is 2.29. The highest BCUT2D eigenvalue weighted by Gasteiger charge is 2.13. The Balaban J connectivity index is 2.42. The molecule has 5 heteroatoms. The molecule has 0 aliphatic carbocycles. The van der Waals surface area contributed by atoms with Gasteiger partial charge in [0.15, 0.2) is 5.69 Å². The Hall–Kier alpha value is -2.95. The predicted molar refractivity (Wildman–Crippen MR) is 80.5 cm³/mol. The van der Waals surface area contributed by atoms with Crippen LogP contribution in [0.2, 0.25) is 0 Å². The Bertz CT molecular complexity index is 887. The molecule has 1 aromatic heterocycles. The molecule has 0 aliphatic rings. The number of aromatic nitrogens is 1. The number of hydrogen-bond donors (Lipinski definition) is 2. The first-order valence-electron chi connectivity index (χ1n) is 6.39. The number of aromatic carboxylic acids is 1. The first kappa shape index (κ1) is 13.1. The Kier molecular flexibility index (Phi) is 3.02. The Morgan fingerprint density at radius 1 is 1.10 bits per heavy atom. The highest BCUT2D eigenvalue weighted by Crippen LogP contribution is 2.29. The maximum Gasteiger partial charge on any atom is 0.354 e. The number of amides is 1. The van der Waals surface area contributed by atoms with Gasteiger partial charge in [-0.1, -0.05) is 36.4 Å². The molecule has 1 heterocycles. The number of carbonyl (C=O) groups is 2. The maximum absolute atomic E-state index is 11.3. The van der Waals surface area contributed by atoms with E-state index in [1.807, 2.05) is 36.4 Å². The average Bonchev–Trinajstić information content (AvgIpc) is 2.46. The van der Waals surface area contributed by atoms with Gasteiger partial charge in [0.1, 0.15) is 0 Å². The highest BCUT2D eigenvalue weighted by atomic mass is 16.4. The molecule has 0 atom stereocenters. The van der Waals surface area contributed by atoms with E-state index < -0.39 is 5.97 Å². The zero-order valence-electron chi connectivity index (χ0n) is 11.3. The number of carboxylic acid groups (broad SMARTS) is 1. The summed E-state index contributed by atoms with van der Waals surface area (Å²) in [5, 5.41) is 14.4. The molecule has 0 fully saturated rings. The second-order valence-corrected chi connectivity index (χ2v) is 4.72. The van der Waals surface area contributed by atoms with Gasteiger partial charge in [-0.05, 0) is 11.5 Å². The van der Waals surface area contributed by atoms with Crippen molar-refractivity contribution in [2.75, 3.05) is 5.32 Å². The van der Waals surface area contributed by atoms with Crippen LogP contribution in [0.1, 0.15) is 17.4 Å². The standard InChI is InChI=1S/C16H12N2O3/c1-9(19)17-13-8-14(16(20)21)18-15-11-5-3-2-4-10(11)6-7-12(13)15/h2-8H,1H3,(H,20,21)(H,17,18,19). The number of benzene rings is 2. The molecule has 0 radical (unpaired) electrons. The van der Waals surface area contributed by atoms with E-state index in [0.29, 0.717) is 16.6 Å². The van der Waals surface area contributed by atoms with Gasteiger partial charge in [-0.2, -0.15) is 0 Å². The summed E-state index contributed by atoms with van der Waals surface area (Å²) in [6, 6.07) is 12.7. The van der Waals surface area contributed by atoms with E-state index in [1.165, 1.54) is 13.0 Å². The molecular weight excluding hydrogens is 268 g/mol. The van der Waals surface area contributed by atoms with Gasteiger partial charge in [0.05, 0.1) is 11.2 Å². The molecule has 0 spiro atoms. The largest absolute Gasteiger partial charge is 0.477 e. The fourth-order valence-electron chi connectivity index (χ4n) is 2.36. The minimum Gasteiger partial charge on any atom is -0.477 e. The molecule has 5 nitrogen and oxygen atoms in total. The van der Waals surface area contributed by atoms with Gasteiger partial charge in [-0.25, -0.2) is 9.78 Å². The lowest BCUT2D eigenvalue weighted by Crippen LogP contribution is -2.09. The second kappa shape index (κ2) is 4.86. The molecular formula is C16H12N2O3. The van der Waals surface area contributed by atoms with Crippen LogP contribution in [-0.2, 0) is 4.79 Å². The number of nitrogens with zero attached hydrogens (tertiary/aromatic N) is 1. The molecule has 0 saturated heterocycles. The average molecular weight is 280 g/mol. The summed E-state index contributed by atoms with van der Waals surface area (Å²) in [6.45, 7) is 1.38. The van der Waals surface area contributed by atoms with Crippen molar-refractivity contribution in [1.82, 2.24) is 4.98 Å². The molecule has 1 amide bonds. The van der Waals surface area contributed by atoms with Crippen molar-refractivity contribution in [3.63, 3.8) is 0 Å². The van der Waals surface area contributed by atoms with E-state index in [9.17, 15) is 14.7 Å². The van der Waals surface area contributed by atoms with Crippen LogP contribution < -0.4 is 5.32 Å². The first-order chi connectivity index (χ1) is 10.1. The summed E-state index contributed by atoms with van der Waals surface area (Å²) in [5.74, 6) is -1.39. The van der Waals surface area contributed by atoms with Crippen LogP contribution in [0.3, 0.4) is 0 Å². The van der Waals surface area contributed by atoms with Crippen molar-refractivity contribution in [3.05, 3.63) is 48.2 Å². The molecule has 21 heavy (non-hydrogen) atoms. The summed E-state index contributed by atoms with van der Waals surface area (Å²) >= 11 is 0. The number of carboxylic acids is 1. The van der Waals surface area contributed by atoms with Crippen molar-refractivity contribution in [3.8, 4) is 0 Å². The van der Waals surface area contributed by atoms with E-state index in [-0.39, 0.29) is 11.6 Å². The molecule has 104 valence electrons. The summed E-state index contributed by atoms with van der Waals surface area (Å²) < 4.78 is 0. The number of carbonyl (C=O) groups excluding carboxylic acids is 1. The molecule has 0 unspecified atom stereocenters. The Labute approximate surface area is 120 Å². The molecule has 0 saturated carbocycles. The SMILES string of the molecule is CC(=O)Nc1cc(C(=O)O)nc2c1ccc1ccccc12. The summed E-state index contributed by atoms with van der Waals surface area (Å²) in [7, 11) is 0. The Morgan fingerprint density at radius 2 is 1.86 bits per heavy atom. The maximum atomic E-state index is 11.3. The van der Waals surface area contributed by atoms with Crippen molar-refractivity contribution in [1.29, 1.82) is 0 Å². The Morgan fingerprint density at radius 3 is 2.57 bits per heavy atom. The van der Waals surface area contributed by atoms with Gasteiger partial charge in [0, 0.05) is 17.7 Å². The minimum atomic E-state index is -1.13. The number of pyridine rings is 1.